The Kier molecular flexibility index (Phi) is 7.97. The Morgan fingerprint density at radius 3 is 2.54 bits per heavy atom. The highest BCUT2D eigenvalue weighted by atomic mass is 35.5. The van der Waals surface area contributed by atoms with E-state index in [1.54, 1.807) is 36.6 Å². The fourth-order valence-electron chi connectivity index (χ4n) is 5.84. The Morgan fingerprint density at radius 1 is 1.10 bits per heavy atom. The molecule has 0 bridgehead atoms. The first-order chi connectivity index (χ1) is 22.8. The summed E-state index contributed by atoms with van der Waals surface area (Å²) in [6.07, 6.45) is -1.70. The van der Waals surface area contributed by atoms with E-state index in [-0.39, 0.29) is 45.3 Å². The largest absolute Gasteiger partial charge is 0.586 e. The maximum atomic E-state index is 13.9. The number of alkyl halides is 2. The van der Waals surface area contributed by atoms with Gasteiger partial charge in [-0.1, -0.05) is 53.5 Å². The first-order valence-electron chi connectivity index (χ1n) is 15.3. The molecular formula is C35H30Cl2F2N4O5. The van der Waals surface area contributed by atoms with Crippen LogP contribution in [0.3, 0.4) is 0 Å². The van der Waals surface area contributed by atoms with Gasteiger partial charge in [-0.3, -0.25) is 9.78 Å². The molecule has 248 valence electrons. The van der Waals surface area contributed by atoms with Gasteiger partial charge in [-0.25, -0.2) is 4.52 Å². The second-order valence-electron chi connectivity index (χ2n) is 12.4. The zero-order valence-corrected chi connectivity index (χ0v) is 27.6. The average Bonchev–Trinajstić information content (AvgIpc) is 3.72. The summed E-state index contributed by atoms with van der Waals surface area (Å²) >= 11 is 13.4. The Morgan fingerprint density at radius 2 is 1.85 bits per heavy atom. The minimum atomic E-state index is -3.88. The summed E-state index contributed by atoms with van der Waals surface area (Å²) < 4.78 is 44.3. The number of pyridine rings is 2. The molecule has 0 spiro atoms. The van der Waals surface area contributed by atoms with Gasteiger partial charge in [-0.2, -0.15) is 5.10 Å². The summed E-state index contributed by atoms with van der Waals surface area (Å²) in [5.41, 5.74) is 2.56. The highest BCUT2D eigenvalue weighted by Gasteiger charge is 2.45. The lowest BCUT2D eigenvalue weighted by Crippen LogP contribution is -2.30. The van der Waals surface area contributed by atoms with Gasteiger partial charge in [0.25, 0.3) is 5.91 Å². The number of ether oxygens (including phenoxy) is 3. The smallest absolute Gasteiger partial charge is 0.481 e. The maximum Gasteiger partial charge on any atom is 0.586 e. The Balaban J connectivity index is 1.28. The van der Waals surface area contributed by atoms with Crippen molar-refractivity contribution in [2.24, 2.45) is 0 Å². The minimum Gasteiger partial charge on any atom is -0.481 e. The van der Waals surface area contributed by atoms with Crippen molar-refractivity contribution in [1.82, 2.24) is 19.9 Å². The molecule has 0 radical (unpaired) electrons. The van der Waals surface area contributed by atoms with Crippen LogP contribution in [-0.2, 0) is 5.60 Å². The van der Waals surface area contributed by atoms with Crippen LogP contribution in [0, 0.1) is 0 Å². The molecule has 13 heteroatoms. The lowest BCUT2D eigenvalue weighted by molar-refractivity contribution is -0.286. The number of hydrogen-bond acceptors (Lipinski definition) is 7. The van der Waals surface area contributed by atoms with E-state index in [9.17, 15) is 18.7 Å². The first-order valence-corrected chi connectivity index (χ1v) is 16.0. The number of rotatable bonds is 9. The third-order valence-electron chi connectivity index (χ3n) is 8.44. The number of carbonyl (C=O) groups excluding carboxylic acids is 1. The zero-order valence-electron chi connectivity index (χ0n) is 26.1. The zero-order chi connectivity index (χ0) is 34.0. The van der Waals surface area contributed by atoms with Crippen molar-refractivity contribution in [3.63, 3.8) is 0 Å². The van der Waals surface area contributed by atoms with E-state index in [0.717, 1.165) is 29.6 Å². The summed E-state index contributed by atoms with van der Waals surface area (Å²) in [7, 11) is 1.53. The van der Waals surface area contributed by atoms with Crippen LogP contribution < -0.4 is 19.5 Å². The van der Waals surface area contributed by atoms with Gasteiger partial charge in [-0.05, 0) is 62.6 Å². The highest BCUT2D eigenvalue weighted by molar-refractivity contribution is 6.37. The predicted octanol–water partition coefficient (Wildman–Crippen LogP) is 7.70. The monoisotopic (exact) mass is 694 g/mol. The van der Waals surface area contributed by atoms with E-state index in [0.29, 0.717) is 28.6 Å². The van der Waals surface area contributed by atoms with Crippen molar-refractivity contribution in [3.05, 3.63) is 105 Å². The molecule has 2 N–H and O–H groups in total. The fraction of sp³-hybridized carbons (Fsp3) is 0.286. The molecule has 1 aliphatic carbocycles. The summed E-state index contributed by atoms with van der Waals surface area (Å²) in [6, 6.07) is 19.2. The number of aliphatic hydroxyl groups is 1. The van der Waals surface area contributed by atoms with E-state index in [2.05, 4.69) is 19.9 Å². The van der Waals surface area contributed by atoms with Crippen LogP contribution in [0.1, 0.15) is 71.4 Å². The number of aromatic nitrogens is 3. The number of hydrogen-bond donors (Lipinski definition) is 2. The van der Waals surface area contributed by atoms with Crippen LogP contribution in [0.2, 0.25) is 10.0 Å². The first kappa shape index (κ1) is 32.1. The Hall–Kier alpha value is -4.45. The molecule has 5 aromatic rings. The van der Waals surface area contributed by atoms with Crippen molar-refractivity contribution >= 4 is 34.6 Å². The van der Waals surface area contributed by atoms with Gasteiger partial charge in [-0.15, -0.1) is 8.78 Å². The molecule has 9 nitrogen and oxygen atoms in total. The molecule has 1 amide bonds. The van der Waals surface area contributed by atoms with Gasteiger partial charge in [0.15, 0.2) is 11.5 Å². The third-order valence-corrected chi connectivity index (χ3v) is 9.20. The number of fused-ring (bicyclic) bond motifs is 2. The quantitative estimate of drug-likeness (QED) is 0.163. The van der Waals surface area contributed by atoms with E-state index in [1.807, 2.05) is 36.4 Å². The number of nitrogens with zero attached hydrogens (tertiary/aromatic N) is 3. The van der Waals surface area contributed by atoms with Crippen LogP contribution in [0.5, 0.6) is 17.4 Å². The van der Waals surface area contributed by atoms with Crippen LogP contribution >= 0.6 is 23.2 Å². The number of nitrogens with one attached hydrogen (secondary N) is 1. The number of halogens is 4. The molecular weight excluding hydrogens is 665 g/mol. The number of methoxy groups -OCH3 is 1. The van der Waals surface area contributed by atoms with Crippen molar-refractivity contribution in [1.29, 1.82) is 0 Å². The van der Waals surface area contributed by atoms with Crippen LogP contribution in [-0.4, -0.2) is 45.6 Å². The molecule has 2 aliphatic rings. The second-order valence-corrected chi connectivity index (χ2v) is 13.1. The number of amides is 1. The van der Waals surface area contributed by atoms with Gasteiger partial charge >= 0.3 is 6.29 Å². The molecule has 1 aliphatic heterocycles. The summed E-state index contributed by atoms with van der Waals surface area (Å²) in [5, 5.41) is 18.8. The summed E-state index contributed by atoms with van der Waals surface area (Å²) in [5.74, 6) is -0.606. The molecule has 1 atom stereocenters. The van der Waals surface area contributed by atoms with E-state index in [1.165, 1.54) is 19.2 Å². The molecule has 0 saturated heterocycles. The highest BCUT2D eigenvalue weighted by Crippen LogP contribution is 2.50. The van der Waals surface area contributed by atoms with Gasteiger partial charge in [0, 0.05) is 41.1 Å². The topological polar surface area (TPSA) is 107 Å². The Labute approximate surface area is 284 Å². The maximum absolute atomic E-state index is 13.9. The van der Waals surface area contributed by atoms with Crippen LogP contribution in [0.25, 0.3) is 16.8 Å². The predicted molar refractivity (Wildman–Crippen MR) is 175 cm³/mol. The molecule has 1 fully saturated rings. The number of benzene rings is 2. The SMILES string of the molecule is COc1cc(C(=O)NC[C@@H](c2ccccc2)c2cc(C(C)(C)O)c(Cl)c(-c3ccc4c(c3Cl)OC(F)(F)O4)n2)cc2cc(C3CC3)nn12. The normalized spacial score (nSPS) is 15.8. The fourth-order valence-corrected chi connectivity index (χ4v) is 6.55. The van der Waals surface area contributed by atoms with Gasteiger partial charge in [0.05, 0.1) is 45.4 Å². The van der Waals surface area contributed by atoms with Crippen molar-refractivity contribution < 1.29 is 32.9 Å². The van der Waals surface area contributed by atoms with Gasteiger partial charge in [0.2, 0.25) is 5.88 Å². The lowest BCUT2D eigenvalue weighted by Gasteiger charge is -2.25. The standard InChI is InChI=1S/C35H30Cl2F2N4O5/c1-34(2,45)24-16-26(41-31(30(24)37)22-11-12-27-32(29(22)36)48-35(38,39)47-27)23(18-7-5-4-6-8-18)17-40-33(44)20-13-21-15-25(19-9-10-19)42-43(21)28(14-20)46-3/h4-8,11-16,19,23,45H,9-10,17H2,1-3H3,(H,40,44)/t23-/m0/s1. The number of carbonyl (C=O) groups is 1. The molecule has 7 rings (SSSR count). The van der Waals surface area contributed by atoms with Crippen molar-refractivity contribution in [2.75, 3.05) is 13.7 Å². The van der Waals surface area contributed by atoms with Crippen LogP contribution in [0.15, 0.2) is 66.7 Å². The van der Waals surface area contributed by atoms with E-state index >= 15 is 0 Å². The van der Waals surface area contributed by atoms with Crippen LogP contribution in [0.4, 0.5) is 8.78 Å². The van der Waals surface area contributed by atoms with Gasteiger partial charge < -0.3 is 24.6 Å². The second kappa shape index (κ2) is 11.9. The molecule has 48 heavy (non-hydrogen) atoms. The Bertz CT molecular complexity index is 2060. The van der Waals surface area contributed by atoms with Crippen molar-refractivity contribution in [3.8, 4) is 28.6 Å². The van der Waals surface area contributed by atoms with Crippen molar-refractivity contribution in [2.45, 2.75) is 50.4 Å². The lowest BCUT2D eigenvalue weighted by atomic mass is 9.89. The third kappa shape index (κ3) is 6.02. The average molecular weight is 696 g/mol. The molecule has 4 heterocycles. The molecule has 1 saturated carbocycles. The molecule has 2 aromatic carbocycles. The van der Waals surface area contributed by atoms with E-state index in [4.69, 9.17) is 32.9 Å². The molecule has 3 aromatic heterocycles. The minimum absolute atomic E-state index is 0.0707. The van der Waals surface area contributed by atoms with Gasteiger partial charge in [0.1, 0.15) is 0 Å². The summed E-state index contributed by atoms with van der Waals surface area (Å²) in [6.45, 7) is 3.23. The summed E-state index contributed by atoms with van der Waals surface area (Å²) in [4.78, 5) is 18.5. The molecule has 0 unspecified atom stereocenters. The van der Waals surface area contributed by atoms with E-state index < -0.39 is 17.8 Å².